The van der Waals surface area contributed by atoms with E-state index < -0.39 is 0 Å². The van der Waals surface area contributed by atoms with Crippen molar-refractivity contribution in [2.45, 2.75) is 43.8 Å². The van der Waals surface area contributed by atoms with Crippen molar-refractivity contribution in [3.8, 4) is 5.75 Å². The van der Waals surface area contributed by atoms with E-state index >= 15 is 0 Å². The van der Waals surface area contributed by atoms with Gasteiger partial charge < -0.3 is 13.6 Å². The predicted molar refractivity (Wildman–Crippen MR) is 94.8 cm³/mol. The van der Waals surface area contributed by atoms with Crippen LogP contribution in [-0.4, -0.2) is 15.2 Å². The first kappa shape index (κ1) is 17.8. The zero-order chi connectivity index (χ0) is 17.9. The highest BCUT2D eigenvalue weighted by molar-refractivity contribution is 7.98. The van der Waals surface area contributed by atoms with Crippen LogP contribution in [0.4, 0.5) is 0 Å². The molecule has 0 aliphatic heterocycles. The molecule has 0 saturated heterocycles. The van der Waals surface area contributed by atoms with Crippen molar-refractivity contribution in [3.63, 3.8) is 0 Å². The minimum atomic E-state index is -0.0658. The van der Waals surface area contributed by atoms with Gasteiger partial charge in [-0.2, -0.15) is 0 Å². The largest absolute Gasteiger partial charge is 0.482 e. The van der Waals surface area contributed by atoms with Crippen LogP contribution in [0.5, 0.6) is 5.75 Å². The molecule has 3 rings (SSSR count). The molecule has 0 radical (unpaired) electrons. The Morgan fingerprint density at radius 1 is 1.12 bits per heavy atom. The Morgan fingerprint density at radius 2 is 1.92 bits per heavy atom. The number of nitrogens with zero attached hydrogens (tertiary/aromatic N) is 3. The summed E-state index contributed by atoms with van der Waals surface area (Å²) in [6, 6.07) is 7.22. The van der Waals surface area contributed by atoms with Gasteiger partial charge >= 0.3 is 0 Å². The summed E-state index contributed by atoms with van der Waals surface area (Å²) in [5.74, 6) is 2.95. The van der Waals surface area contributed by atoms with Crippen LogP contribution < -0.4 is 4.74 Å². The van der Waals surface area contributed by atoms with Gasteiger partial charge in [-0.3, -0.25) is 0 Å². The summed E-state index contributed by atoms with van der Waals surface area (Å²) in [4.78, 5) is 4.27. The highest BCUT2D eigenvalue weighted by Gasteiger charge is 2.19. The fourth-order valence-corrected chi connectivity index (χ4v) is 2.73. The second-order valence-electron chi connectivity index (χ2n) is 6.34. The van der Waals surface area contributed by atoms with Gasteiger partial charge in [0.15, 0.2) is 6.61 Å². The van der Waals surface area contributed by atoms with Crippen molar-refractivity contribution >= 4 is 23.4 Å². The van der Waals surface area contributed by atoms with Crippen LogP contribution in [0.15, 0.2) is 44.5 Å². The van der Waals surface area contributed by atoms with Gasteiger partial charge in [0.2, 0.25) is 5.89 Å². The molecule has 0 bridgehead atoms. The minimum Gasteiger partial charge on any atom is -0.482 e. The quantitative estimate of drug-likeness (QED) is 0.565. The first-order valence-corrected chi connectivity index (χ1v) is 9.06. The lowest BCUT2D eigenvalue weighted by Crippen LogP contribution is -2.09. The minimum absolute atomic E-state index is 0.0658. The zero-order valence-corrected chi connectivity index (χ0v) is 15.7. The summed E-state index contributed by atoms with van der Waals surface area (Å²) < 4.78 is 16.8. The average Bonchev–Trinajstić information content (AvgIpc) is 3.21. The monoisotopic (exact) mass is 379 g/mol. The van der Waals surface area contributed by atoms with Gasteiger partial charge in [-0.05, 0) is 12.1 Å². The fourth-order valence-electron chi connectivity index (χ4n) is 1.90. The molecule has 132 valence electrons. The second-order valence-corrected chi connectivity index (χ2v) is 7.67. The molecule has 0 N–H and O–H groups in total. The number of hydrogen-bond acceptors (Lipinski definition) is 7. The maximum Gasteiger partial charge on any atom is 0.277 e. The SMILES string of the molecule is CC(C)(C)c1cnc(CSc2nnc(COc3ccccc3Cl)o2)o1. The Hall–Kier alpha value is -1.99. The van der Waals surface area contributed by atoms with E-state index in [2.05, 4.69) is 36.0 Å². The molecule has 3 aromatic rings. The lowest BCUT2D eigenvalue weighted by Gasteiger charge is -2.12. The Bertz CT molecular complexity index is 842. The third kappa shape index (κ3) is 4.76. The number of thioether (sulfide) groups is 1. The van der Waals surface area contributed by atoms with Crippen molar-refractivity contribution in [2.75, 3.05) is 0 Å². The van der Waals surface area contributed by atoms with E-state index in [0.717, 1.165) is 5.76 Å². The van der Waals surface area contributed by atoms with Crippen LogP contribution in [0.25, 0.3) is 0 Å². The standard InChI is InChI=1S/C17H18ClN3O3S/c1-17(2,3)13-8-19-15(23-13)10-25-16-21-20-14(24-16)9-22-12-7-5-4-6-11(12)18/h4-8H,9-10H2,1-3H3. The van der Waals surface area contributed by atoms with Crippen molar-refractivity contribution in [2.24, 2.45) is 0 Å². The molecule has 0 atom stereocenters. The van der Waals surface area contributed by atoms with Gasteiger partial charge in [0.25, 0.3) is 11.1 Å². The fraction of sp³-hybridized carbons (Fsp3) is 0.353. The van der Waals surface area contributed by atoms with Gasteiger partial charge in [0, 0.05) is 5.41 Å². The van der Waals surface area contributed by atoms with Crippen LogP contribution >= 0.6 is 23.4 Å². The molecular weight excluding hydrogens is 362 g/mol. The number of para-hydroxylation sites is 1. The van der Waals surface area contributed by atoms with E-state index in [1.807, 2.05) is 12.1 Å². The lowest BCUT2D eigenvalue weighted by molar-refractivity contribution is 0.252. The first-order valence-electron chi connectivity index (χ1n) is 7.69. The maximum absolute atomic E-state index is 6.03. The summed E-state index contributed by atoms with van der Waals surface area (Å²) in [5.41, 5.74) is -0.0658. The molecule has 0 amide bonds. The molecule has 0 aliphatic carbocycles. The molecule has 0 saturated carbocycles. The van der Waals surface area contributed by atoms with Crippen molar-refractivity contribution in [1.82, 2.24) is 15.2 Å². The Labute approximate surface area is 154 Å². The molecule has 0 spiro atoms. The van der Waals surface area contributed by atoms with Gasteiger partial charge in [-0.25, -0.2) is 4.98 Å². The molecule has 0 fully saturated rings. The molecule has 1 aromatic carbocycles. The third-order valence-electron chi connectivity index (χ3n) is 3.25. The smallest absolute Gasteiger partial charge is 0.277 e. The van der Waals surface area contributed by atoms with Crippen molar-refractivity contribution in [1.29, 1.82) is 0 Å². The summed E-state index contributed by atoms with van der Waals surface area (Å²) in [5, 5.41) is 8.92. The lowest BCUT2D eigenvalue weighted by atomic mass is 9.94. The van der Waals surface area contributed by atoms with Gasteiger partial charge in [-0.1, -0.05) is 56.3 Å². The van der Waals surface area contributed by atoms with Gasteiger partial charge in [-0.15, -0.1) is 10.2 Å². The maximum atomic E-state index is 6.03. The normalized spacial score (nSPS) is 11.7. The number of benzene rings is 1. The summed E-state index contributed by atoms with van der Waals surface area (Å²) in [6.07, 6.45) is 1.76. The first-order chi connectivity index (χ1) is 11.9. The molecular formula is C17H18ClN3O3S. The molecule has 25 heavy (non-hydrogen) atoms. The van der Waals surface area contributed by atoms with E-state index in [1.54, 1.807) is 18.3 Å². The number of hydrogen-bond donors (Lipinski definition) is 0. The highest BCUT2D eigenvalue weighted by atomic mass is 35.5. The summed E-state index contributed by atoms with van der Waals surface area (Å²) >= 11 is 7.40. The number of halogens is 1. The Balaban J connectivity index is 1.53. The van der Waals surface area contributed by atoms with E-state index in [0.29, 0.717) is 33.5 Å². The Kier molecular flexibility index (Phi) is 5.34. The van der Waals surface area contributed by atoms with E-state index in [4.69, 9.17) is 25.2 Å². The number of aromatic nitrogens is 3. The third-order valence-corrected chi connectivity index (χ3v) is 4.36. The van der Waals surface area contributed by atoms with Crippen LogP contribution in [0, 0.1) is 0 Å². The summed E-state index contributed by atoms with van der Waals surface area (Å²) in [6.45, 7) is 6.39. The van der Waals surface area contributed by atoms with Gasteiger partial charge in [0.05, 0.1) is 17.0 Å². The van der Waals surface area contributed by atoms with Crippen LogP contribution in [0.1, 0.15) is 38.3 Å². The average molecular weight is 380 g/mol. The van der Waals surface area contributed by atoms with Crippen LogP contribution in [0.3, 0.4) is 0 Å². The second kappa shape index (κ2) is 7.49. The van der Waals surface area contributed by atoms with Crippen molar-refractivity contribution in [3.05, 3.63) is 53.0 Å². The zero-order valence-electron chi connectivity index (χ0n) is 14.2. The number of rotatable bonds is 6. The number of ether oxygens (including phenoxy) is 1. The van der Waals surface area contributed by atoms with Crippen LogP contribution in [-0.2, 0) is 17.8 Å². The van der Waals surface area contributed by atoms with E-state index in [-0.39, 0.29) is 12.0 Å². The molecule has 0 aliphatic rings. The van der Waals surface area contributed by atoms with Gasteiger partial charge in [0.1, 0.15) is 11.5 Å². The topological polar surface area (TPSA) is 74.2 Å². The molecule has 2 aromatic heterocycles. The Morgan fingerprint density at radius 3 is 2.64 bits per heavy atom. The van der Waals surface area contributed by atoms with Crippen LogP contribution in [0.2, 0.25) is 5.02 Å². The molecule has 2 heterocycles. The predicted octanol–water partition coefficient (Wildman–Crippen LogP) is 4.88. The van der Waals surface area contributed by atoms with Crippen molar-refractivity contribution < 1.29 is 13.6 Å². The molecule has 0 unspecified atom stereocenters. The van der Waals surface area contributed by atoms with E-state index in [9.17, 15) is 0 Å². The summed E-state index contributed by atoms with van der Waals surface area (Å²) in [7, 11) is 0. The highest BCUT2D eigenvalue weighted by Crippen LogP contribution is 2.27. The number of oxazole rings is 1. The molecule has 6 nitrogen and oxygen atoms in total. The van der Waals surface area contributed by atoms with E-state index in [1.165, 1.54) is 11.8 Å². The molecule has 8 heteroatoms.